The van der Waals surface area contributed by atoms with E-state index in [2.05, 4.69) is 82.6 Å². The van der Waals surface area contributed by atoms with Gasteiger partial charge >= 0.3 is 0 Å². The first-order chi connectivity index (χ1) is 14.8. The van der Waals surface area contributed by atoms with Crippen molar-refractivity contribution in [2.45, 2.75) is 6.92 Å². The Kier molecular flexibility index (Phi) is 2.91. The summed E-state index contributed by atoms with van der Waals surface area (Å²) < 4.78 is 10.6. The molecule has 0 atom stereocenters. The number of hydrogen-bond donors (Lipinski definition) is 0. The molecule has 142 valence electrons. The molecule has 0 fully saturated rings. The zero-order valence-corrected chi connectivity index (χ0v) is 16.3. The fourth-order valence-electron chi connectivity index (χ4n) is 4.71. The monoisotopic (exact) mass is 387 g/mol. The zero-order chi connectivity index (χ0) is 19.8. The Morgan fingerprint density at radius 2 is 1.53 bits per heavy atom. The molecule has 0 radical (unpaired) electrons. The van der Waals surface area contributed by atoms with Crippen LogP contribution in [0.25, 0.3) is 55.5 Å². The molecule has 0 spiro atoms. The molecule has 3 heterocycles. The summed E-state index contributed by atoms with van der Waals surface area (Å²) in [7, 11) is 0. The van der Waals surface area contributed by atoms with Crippen molar-refractivity contribution >= 4 is 49.8 Å². The molecule has 3 aromatic heterocycles. The van der Waals surface area contributed by atoms with E-state index in [1.807, 2.05) is 18.2 Å². The number of furan rings is 1. The van der Waals surface area contributed by atoms with Crippen LogP contribution in [0.15, 0.2) is 89.3 Å². The van der Waals surface area contributed by atoms with E-state index in [9.17, 15) is 0 Å². The van der Waals surface area contributed by atoms with Crippen LogP contribution in [0.1, 0.15) is 5.56 Å². The summed E-state index contributed by atoms with van der Waals surface area (Å²) in [4.78, 5) is 5.00. The predicted molar refractivity (Wildman–Crippen MR) is 122 cm³/mol. The third-order valence-electron chi connectivity index (χ3n) is 6.04. The Hall–Kier alpha value is -4.05. The molecule has 7 aromatic rings. The molecule has 0 bridgehead atoms. The Morgan fingerprint density at radius 1 is 0.733 bits per heavy atom. The molecule has 0 amide bonds. The molecule has 0 unspecified atom stereocenters. The number of fused-ring (bicyclic) bond motifs is 8. The molecule has 0 saturated carbocycles. The highest BCUT2D eigenvalue weighted by Crippen LogP contribution is 2.34. The van der Waals surface area contributed by atoms with Crippen LogP contribution in [0.3, 0.4) is 0 Å². The first kappa shape index (κ1) is 15.8. The van der Waals surface area contributed by atoms with Gasteiger partial charge in [0.2, 0.25) is 5.78 Å². The summed E-state index contributed by atoms with van der Waals surface area (Å²) in [5.41, 5.74) is 8.59. The van der Waals surface area contributed by atoms with Crippen LogP contribution < -0.4 is 0 Å². The van der Waals surface area contributed by atoms with E-state index in [4.69, 9.17) is 9.40 Å². The second-order valence-electron chi connectivity index (χ2n) is 7.79. The van der Waals surface area contributed by atoms with E-state index in [0.29, 0.717) is 0 Å². The van der Waals surface area contributed by atoms with Gasteiger partial charge < -0.3 is 4.42 Å². The summed E-state index contributed by atoms with van der Waals surface area (Å²) in [6.45, 7) is 2.16. The smallest absolute Gasteiger partial charge is 0.220 e. The highest BCUT2D eigenvalue weighted by atomic mass is 16.3. The first-order valence-electron chi connectivity index (χ1n) is 10.1. The number of imidazole rings is 2. The van der Waals surface area contributed by atoms with Crippen molar-refractivity contribution in [3.8, 4) is 5.69 Å². The summed E-state index contributed by atoms with van der Waals surface area (Å²) in [6, 6.07) is 29.3. The van der Waals surface area contributed by atoms with Gasteiger partial charge in [-0.1, -0.05) is 42.5 Å². The highest BCUT2D eigenvalue weighted by molar-refractivity contribution is 6.06. The second kappa shape index (κ2) is 5.51. The lowest BCUT2D eigenvalue weighted by Gasteiger charge is -2.06. The summed E-state index contributed by atoms with van der Waals surface area (Å²) in [5, 5.41) is 2.25. The fraction of sp³-hybridized carbons (Fsp3) is 0.0385. The Labute approximate surface area is 171 Å². The SMILES string of the molecule is Cc1cccc2c1n1c3ccccc3nc1n2-c1ccc2oc3ccccc3c2c1. The van der Waals surface area contributed by atoms with Crippen molar-refractivity contribution < 1.29 is 4.42 Å². The first-order valence-corrected chi connectivity index (χ1v) is 10.1. The molecule has 4 heteroatoms. The average Bonchev–Trinajstić information content (AvgIpc) is 3.42. The van der Waals surface area contributed by atoms with Gasteiger partial charge in [0.05, 0.1) is 27.8 Å². The van der Waals surface area contributed by atoms with Gasteiger partial charge in [0.25, 0.3) is 0 Å². The fourth-order valence-corrected chi connectivity index (χ4v) is 4.71. The van der Waals surface area contributed by atoms with Crippen molar-refractivity contribution in [1.82, 2.24) is 14.0 Å². The van der Waals surface area contributed by atoms with Crippen LogP contribution in [-0.4, -0.2) is 14.0 Å². The third kappa shape index (κ3) is 1.93. The van der Waals surface area contributed by atoms with Crippen LogP contribution in [0.4, 0.5) is 0 Å². The molecule has 0 aliphatic heterocycles. The molecule has 0 aliphatic carbocycles. The van der Waals surface area contributed by atoms with Crippen LogP contribution in [0.2, 0.25) is 0 Å². The third-order valence-corrected chi connectivity index (χ3v) is 6.04. The number of aryl methyl sites for hydroxylation is 1. The molecular formula is C26H17N3O. The minimum Gasteiger partial charge on any atom is -0.456 e. The van der Waals surface area contributed by atoms with Crippen LogP contribution in [-0.2, 0) is 0 Å². The largest absolute Gasteiger partial charge is 0.456 e. The lowest BCUT2D eigenvalue weighted by atomic mass is 10.1. The molecule has 4 nitrogen and oxygen atoms in total. The van der Waals surface area contributed by atoms with Crippen LogP contribution in [0, 0.1) is 6.92 Å². The quantitative estimate of drug-likeness (QED) is 0.316. The van der Waals surface area contributed by atoms with Gasteiger partial charge in [0.15, 0.2) is 0 Å². The molecule has 4 aromatic carbocycles. The van der Waals surface area contributed by atoms with Crippen molar-refractivity contribution in [2.24, 2.45) is 0 Å². The summed E-state index contributed by atoms with van der Waals surface area (Å²) in [5.74, 6) is 0.924. The van der Waals surface area contributed by atoms with Gasteiger partial charge in [-0.05, 0) is 55.0 Å². The van der Waals surface area contributed by atoms with Gasteiger partial charge in [0.1, 0.15) is 11.2 Å². The van der Waals surface area contributed by atoms with Crippen LogP contribution in [0.5, 0.6) is 0 Å². The lowest BCUT2D eigenvalue weighted by Crippen LogP contribution is -1.94. The van der Waals surface area contributed by atoms with E-state index in [1.165, 1.54) is 11.1 Å². The number of benzene rings is 4. The van der Waals surface area contributed by atoms with Gasteiger partial charge in [-0.3, -0.25) is 8.97 Å². The second-order valence-corrected chi connectivity index (χ2v) is 7.79. The summed E-state index contributed by atoms with van der Waals surface area (Å²) >= 11 is 0. The van der Waals surface area contributed by atoms with E-state index in [0.717, 1.165) is 50.0 Å². The molecule has 30 heavy (non-hydrogen) atoms. The van der Waals surface area contributed by atoms with Gasteiger partial charge in [-0.2, -0.15) is 0 Å². The maximum absolute atomic E-state index is 6.04. The highest BCUT2D eigenvalue weighted by Gasteiger charge is 2.19. The Balaban J connectivity index is 1.67. The number of rotatable bonds is 1. The number of nitrogens with zero attached hydrogens (tertiary/aromatic N) is 3. The zero-order valence-electron chi connectivity index (χ0n) is 16.3. The average molecular weight is 387 g/mol. The van der Waals surface area contributed by atoms with Gasteiger partial charge in [-0.25, -0.2) is 4.98 Å². The standard InChI is InChI=1S/C26H17N3O/c1-16-7-6-11-22-25(16)29-21-10-4-3-9-20(21)27-26(29)28(22)17-13-14-24-19(15-17)18-8-2-5-12-23(18)30-24/h2-15H,1H3. The number of aromatic nitrogens is 3. The Morgan fingerprint density at radius 3 is 2.50 bits per heavy atom. The van der Waals surface area contributed by atoms with Crippen molar-refractivity contribution in [3.63, 3.8) is 0 Å². The van der Waals surface area contributed by atoms with Crippen molar-refractivity contribution in [3.05, 3.63) is 90.5 Å². The maximum Gasteiger partial charge on any atom is 0.220 e. The molecule has 0 N–H and O–H groups in total. The molecular weight excluding hydrogens is 370 g/mol. The van der Waals surface area contributed by atoms with Gasteiger partial charge in [0, 0.05) is 10.8 Å². The predicted octanol–water partition coefficient (Wildman–Crippen LogP) is 6.64. The molecule has 0 aliphatic rings. The van der Waals surface area contributed by atoms with Crippen molar-refractivity contribution in [1.29, 1.82) is 0 Å². The van der Waals surface area contributed by atoms with Gasteiger partial charge in [-0.15, -0.1) is 0 Å². The minimum absolute atomic E-state index is 0.900. The maximum atomic E-state index is 6.04. The topological polar surface area (TPSA) is 35.4 Å². The minimum atomic E-state index is 0.900. The molecule has 0 saturated heterocycles. The van der Waals surface area contributed by atoms with E-state index in [1.54, 1.807) is 0 Å². The van der Waals surface area contributed by atoms with Crippen molar-refractivity contribution in [2.75, 3.05) is 0 Å². The number of para-hydroxylation sites is 4. The lowest BCUT2D eigenvalue weighted by molar-refractivity contribution is 0.669. The van der Waals surface area contributed by atoms with E-state index in [-0.39, 0.29) is 0 Å². The van der Waals surface area contributed by atoms with E-state index < -0.39 is 0 Å². The summed E-state index contributed by atoms with van der Waals surface area (Å²) in [6.07, 6.45) is 0. The number of hydrogen-bond acceptors (Lipinski definition) is 2. The van der Waals surface area contributed by atoms with Crippen LogP contribution >= 0.6 is 0 Å². The normalized spacial score (nSPS) is 12.2. The van der Waals surface area contributed by atoms with E-state index >= 15 is 0 Å². The Bertz CT molecular complexity index is 1760. The molecule has 7 rings (SSSR count).